The van der Waals surface area contributed by atoms with Crippen LogP contribution >= 0.6 is 11.6 Å². The van der Waals surface area contributed by atoms with Gasteiger partial charge in [0.2, 0.25) is 0 Å². The van der Waals surface area contributed by atoms with Crippen LogP contribution in [0.4, 0.5) is 0 Å². The number of benzene rings is 1. The fraction of sp³-hybridized carbons (Fsp3) is 0.571. The number of hydrogen-bond donors (Lipinski definition) is 2. The van der Waals surface area contributed by atoms with Crippen molar-refractivity contribution in [2.45, 2.75) is 39.0 Å². The summed E-state index contributed by atoms with van der Waals surface area (Å²) < 4.78 is 5.47. The molecule has 0 aliphatic heterocycles. The van der Waals surface area contributed by atoms with E-state index in [1.54, 1.807) is 0 Å². The Kier molecular flexibility index (Phi) is 7.28. The zero-order valence-electron chi connectivity index (χ0n) is 11.1. The Hall–Kier alpha value is -0.610. The van der Waals surface area contributed by atoms with E-state index in [-0.39, 0.29) is 0 Å². The molecule has 0 aromatic heterocycles. The van der Waals surface area contributed by atoms with E-state index in [2.05, 4.69) is 19.2 Å². The first kappa shape index (κ1) is 15.4. The van der Waals surface area contributed by atoms with Crippen molar-refractivity contribution >= 4 is 11.6 Å². The first-order chi connectivity index (χ1) is 8.61. The predicted molar refractivity (Wildman–Crippen MR) is 73.7 cm³/mol. The molecule has 0 amide bonds. The molecular formula is C14H23ClNO2+. The highest BCUT2D eigenvalue weighted by Gasteiger charge is 2.09. The second-order valence-electron chi connectivity index (χ2n) is 4.65. The molecular weight excluding hydrogens is 250 g/mol. The van der Waals surface area contributed by atoms with Gasteiger partial charge in [-0.15, -0.1) is 0 Å². The maximum atomic E-state index is 9.74. The Labute approximate surface area is 114 Å². The normalized spacial score (nSPS) is 14.4. The number of quaternary nitrogens is 1. The molecule has 0 radical (unpaired) electrons. The van der Waals surface area contributed by atoms with Crippen LogP contribution in [-0.4, -0.2) is 30.4 Å². The van der Waals surface area contributed by atoms with Gasteiger partial charge in [-0.2, -0.15) is 0 Å². The largest absolute Gasteiger partial charge is 0.385 e. The predicted octanol–water partition coefficient (Wildman–Crippen LogP) is 1.58. The van der Waals surface area contributed by atoms with Crippen molar-refractivity contribution in [2.24, 2.45) is 0 Å². The lowest BCUT2D eigenvalue weighted by molar-refractivity contribution is -0.692. The first-order valence-electron chi connectivity index (χ1n) is 6.45. The molecule has 18 heavy (non-hydrogen) atoms. The Morgan fingerprint density at radius 1 is 1.33 bits per heavy atom. The highest BCUT2D eigenvalue weighted by molar-refractivity contribution is 6.30. The van der Waals surface area contributed by atoms with Crippen molar-refractivity contribution in [2.75, 3.05) is 13.2 Å². The average molecular weight is 273 g/mol. The summed E-state index contributed by atoms with van der Waals surface area (Å²) in [7, 11) is 0. The molecule has 0 aliphatic carbocycles. The van der Waals surface area contributed by atoms with Crippen LogP contribution in [0.1, 0.15) is 25.8 Å². The van der Waals surface area contributed by atoms with E-state index in [1.807, 2.05) is 24.3 Å². The number of aliphatic hydroxyl groups is 1. The van der Waals surface area contributed by atoms with Gasteiger partial charge in [0, 0.05) is 5.02 Å². The molecule has 4 heteroatoms. The van der Waals surface area contributed by atoms with E-state index in [9.17, 15) is 5.11 Å². The lowest BCUT2D eigenvalue weighted by Crippen LogP contribution is -2.91. The zero-order chi connectivity index (χ0) is 13.4. The lowest BCUT2D eigenvalue weighted by atomic mass is 10.2. The van der Waals surface area contributed by atoms with Gasteiger partial charge in [-0.05, 0) is 31.0 Å². The summed E-state index contributed by atoms with van der Waals surface area (Å²) in [6.07, 6.45) is 0.699. The smallest absolute Gasteiger partial charge is 0.126 e. The maximum Gasteiger partial charge on any atom is 0.126 e. The molecule has 0 heterocycles. The molecule has 0 bridgehead atoms. The van der Waals surface area contributed by atoms with Crippen LogP contribution in [0.25, 0.3) is 0 Å². The van der Waals surface area contributed by atoms with Gasteiger partial charge in [0.15, 0.2) is 0 Å². The minimum absolute atomic E-state index is 0.371. The number of rotatable bonds is 8. The Balaban J connectivity index is 2.15. The maximum absolute atomic E-state index is 9.74. The van der Waals surface area contributed by atoms with Gasteiger partial charge in [-0.1, -0.05) is 30.7 Å². The molecule has 0 saturated heterocycles. The van der Waals surface area contributed by atoms with Gasteiger partial charge in [0.05, 0.1) is 19.3 Å². The fourth-order valence-corrected chi connectivity index (χ4v) is 1.64. The van der Waals surface area contributed by atoms with E-state index in [4.69, 9.17) is 16.3 Å². The summed E-state index contributed by atoms with van der Waals surface area (Å²) in [4.78, 5) is 0. The average Bonchev–Trinajstić information content (AvgIpc) is 2.38. The van der Waals surface area contributed by atoms with Crippen molar-refractivity contribution < 1.29 is 15.2 Å². The van der Waals surface area contributed by atoms with Crippen LogP contribution in [0.2, 0.25) is 5.02 Å². The summed E-state index contributed by atoms with van der Waals surface area (Å²) in [6.45, 7) is 5.87. The van der Waals surface area contributed by atoms with Gasteiger partial charge < -0.3 is 15.2 Å². The molecule has 0 aliphatic rings. The molecule has 0 unspecified atom stereocenters. The zero-order valence-corrected chi connectivity index (χ0v) is 11.9. The Bertz CT molecular complexity index is 329. The molecule has 1 rings (SSSR count). The highest BCUT2D eigenvalue weighted by atomic mass is 35.5. The van der Waals surface area contributed by atoms with Crippen LogP contribution in [-0.2, 0) is 11.3 Å². The molecule has 0 fully saturated rings. The third-order valence-electron chi connectivity index (χ3n) is 2.95. The number of hydrogen-bond acceptors (Lipinski definition) is 2. The molecule has 0 saturated carbocycles. The van der Waals surface area contributed by atoms with Crippen LogP contribution in [0.3, 0.4) is 0 Å². The second kappa shape index (κ2) is 8.48. The number of aliphatic hydroxyl groups excluding tert-OH is 1. The number of halogens is 1. The molecule has 1 aromatic rings. The molecule has 0 spiro atoms. The summed E-state index contributed by atoms with van der Waals surface area (Å²) in [5.41, 5.74) is 1.07. The van der Waals surface area contributed by atoms with Crippen molar-refractivity contribution in [3.63, 3.8) is 0 Å². The van der Waals surface area contributed by atoms with Gasteiger partial charge >= 0.3 is 0 Å². The van der Waals surface area contributed by atoms with Gasteiger partial charge in [0.25, 0.3) is 0 Å². The van der Waals surface area contributed by atoms with E-state index in [0.717, 1.165) is 17.0 Å². The fourth-order valence-electron chi connectivity index (χ4n) is 1.52. The van der Waals surface area contributed by atoms with E-state index in [0.29, 0.717) is 25.8 Å². The first-order valence-corrected chi connectivity index (χ1v) is 6.83. The van der Waals surface area contributed by atoms with Crippen LogP contribution in [0.15, 0.2) is 24.3 Å². The SMILES string of the molecule is CC[C@H](C)[NH2+]C[C@@H](O)COCc1ccc(Cl)cc1. The molecule has 3 N–H and O–H groups in total. The lowest BCUT2D eigenvalue weighted by Gasteiger charge is -2.13. The second-order valence-corrected chi connectivity index (χ2v) is 5.09. The minimum Gasteiger partial charge on any atom is -0.385 e. The van der Waals surface area contributed by atoms with E-state index >= 15 is 0 Å². The van der Waals surface area contributed by atoms with E-state index < -0.39 is 6.10 Å². The standard InChI is InChI=1S/C14H22ClNO2/c1-3-11(2)16-8-14(17)10-18-9-12-4-6-13(15)7-5-12/h4-7,11,14,16-17H,3,8-10H2,1-2H3/p+1/t11-,14+/m0/s1. The summed E-state index contributed by atoms with van der Waals surface area (Å²) in [6, 6.07) is 8.09. The van der Waals surface area contributed by atoms with Crippen LogP contribution in [0.5, 0.6) is 0 Å². The molecule has 1 aromatic carbocycles. The summed E-state index contributed by atoms with van der Waals surface area (Å²) >= 11 is 5.80. The number of ether oxygens (including phenoxy) is 1. The summed E-state index contributed by atoms with van der Waals surface area (Å²) in [5, 5.41) is 12.6. The number of nitrogens with two attached hydrogens (primary N) is 1. The minimum atomic E-state index is -0.411. The summed E-state index contributed by atoms with van der Waals surface area (Å²) in [5.74, 6) is 0. The third kappa shape index (κ3) is 6.36. The molecule has 3 nitrogen and oxygen atoms in total. The molecule has 2 atom stereocenters. The highest BCUT2D eigenvalue weighted by Crippen LogP contribution is 2.10. The van der Waals surface area contributed by atoms with Gasteiger partial charge in [-0.25, -0.2) is 0 Å². The van der Waals surface area contributed by atoms with Crippen molar-refractivity contribution in [1.82, 2.24) is 0 Å². The Morgan fingerprint density at radius 3 is 2.61 bits per heavy atom. The van der Waals surface area contributed by atoms with E-state index in [1.165, 1.54) is 0 Å². The van der Waals surface area contributed by atoms with Crippen molar-refractivity contribution in [1.29, 1.82) is 0 Å². The van der Waals surface area contributed by atoms with Crippen molar-refractivity contribution in [3.8, 4) is 0 Å². The van der Waals surface area contributed by atoms with Gasteiger partial charge in [-0.3, -0.25) is 0 Å². The Morgan fingerprint density at radius 2 is 2.00 bits per heavy atom. The van der Waals surface area contributed by atoms with Gasteiger partial charge in [0.1, 0.15) is 12.6 Å². The topological polar surface area (TPSA) is 46.1 Å². The van der Waals surface area contributed by atoms with Crippen LogP contribution < -0.4 is 5.32 Å². The van der Waals surface area contributed by atoms with Crippen LogP contribution in [0, 0.1) is 0 Å². The van der Waals surface area contributed by atoms with Crippen molar-refractivity contribution in [3.05, 3.63) is 34.9 Å². The monoisotopic (exact) mass is 272 g/mol. The quantitative estimate of drug-likeness (QED) is 0.755. The molecule has 102 valence electrons. The third-order valence-corrected chi connectivity index (χ3v) is 3.20.